The Balaban J connectivity index is 2.98. The van der Waals surface area contributed by atoms with Crippen molar-refractivity contribution < 1.29 is 9.53 Å². The van der Waals surface area contributed by atoms with Crippen molar-refractivity contribution in [3.63, 3.8) is 0 Å². The summed E-state index contributed by atoms with van der Waals surface area (Å²) in [4.78, 5) is 12.7. The van der Waals surface area contributed by atoms with Crippen molar-refractivity contribution in [2.24, 2.45) is 0 Å². The number of ether oxygens (including phenoxy) is 1. The molecule has 1 aromatic rings. The van der Waals surface area contributed by atoms with E-state index in [9.17, 15) is 4.79 Å². The van der Waals surface area contributed by atoms with E-state index in [2.05, 4.69) is 0 Å². The predicted molar refractivity (Wildman–Crippen MR) is 55.5 cm³/mol. The molecule has 0 saturated carbocycles. The second-order valence-electron chi connectivity index (χ2n) is 3.32. The van der Waals surface area contributed by atoms with Crippen molar-refractivity contribution in [1.29, 1.82) is 0 Å². The number of benzene rings is 1. The van der Waals surface area contributed by atoms with Crippen LogP contribution in [0.1, 0.15) is 11.6 Å². The van der Waals surface area contributed by atoms with Gasteiger partial charge in [0.2, 0.25) is 0 Å². The molecule has 1 aromatic carbocycles. The molecule has 3 heteroatoms. The van der Waals surface area contributed by atoms with Gasteiger partial charge in [-0.25, -0.2) is 0 Å². The Bertz CT molecular complexity index is 310. The van der Waals surface area contributed by atoms with Crippen molar-refractivity contribution in [3.8, 4) is 5.75 Å². The fraction of sp³-hybridized carbons (Fsp3) is 0.364. The average Bonchev–Trinajstić information content (AvgIpc) is 2.19. The fourth-order valence-electron chi connectivity index (χ4n) is 1.32. The van der Waals surface area contributed by atoms with Gasteiger partial charge < -0.3 is 9.53 Å². The Hall–Kier alpha value is -1.35. The van der Waals surface area contributed by atoms with Crippen LogP contribution in [0.25, 0.3) is 0 Å². The van der Waals surface area contributed by atoms with E-state index in [4.69, 9.17) is 4.74 Å². The molecule has 0 aliphatic rings. The Labute approximate surface area is 84.3 Å². The van der Waals surface area contributed by atoms with E-state index in [0.717, 1.165) is 17.6 Å². The van der Waals surface area contributed by atoms with Gasteiger partial charge in [-0.1, -0.05) is 12.1 Å². The molecule has 0 amide bonds. The fourth-order valence-corrected chi connectivity index (χ4v) is 1.32. The monoisotopic (exact) mass is 193 g/mol. The highest BCUT2D eigenvalue weighted by atomic mass is 16.5. The second-order valence-corrected chi connectivity index (χ2v) is 3.32. The van der Waals surface area contributed by atoms with E-state index < -0.39 is 0 Å². The summed E-state index contributed by atoms with van der Waals surface area (Å²) in [5, 5.41) is 0. The summed E-state index contributed by atoms with van der Waals surface area (Å²) in [6.45, 7) is 0. The van der Waals surface area contributed by atoms with Crippen molar-refractivity contribution in [2.75, 3.05) is 21.2 Å². The van der Waals surface area contributed by atoms with E-state index >= 15 is 0 Å². The SMILES string of the molecule is COc1cccc(C(C=O)N(C)C)c1. The largest absolute Gasteiger partial charge is 0.497 e. The van der Waals surface area contributed by atoms with Crippen LogP contribution < -0.4 is 4.74 Å². The smallest absolute Gasteiger partial charge is 0.141 e. The summed E-state index contributed by atoms with van der Waals surface area (Å²) in [6.07, 6.45) is 0.925. The molecule has 0 bridgehead atoms. The lowest BCUT2D eigenvalue weighted by atomic mass is 10.1. The zero-order valence-corrected chi connectivity index (χ0v) is 8.73. The molecular formula is C11H15NO2. The lowest BCUT2D eigenvalue weighted by molar-refractivity contribution is -0.111. The van der Waals surface area contributed by atoms with E-state index in [1.54, 1.807) is 7.11 Å². The zero-order chi connectivity index (χ0) is 10.6. The first-order valence-electron chi connectivity index (χ1n) is 4.44. The van der Waals surface area contributed by atoms with Crippen LogP contribution in [0.15, 0.2) is 24.3 Å². The summed E-state index contributed by atoms with van der Waals surface area (Å²) in [7, 11) is 5.36. The van der Waals surface area contributed by atoms with Crippen LogP contribution in [0.4, 0.5) is 0 Å². The average molecular weight is 193 g/mol. The van der Waals surface area contributed by atoms with Gasteiger partial charge in [-0.15, -0.1) is 0 Å². The molecule has 0 spiro atoms. The third kappa shape index (κ3) is 2.33. The number of carbonyl (C=O) groups is 1. The van der Waals surface area contributed by atoms with Gasteiger partial charge in [0.05, 0.1) is 13.2 Å². The molecule has 76 valence electrons. The zero-order valence-electron chi connectivity index (χ0n) is 8.73. The van der Waals surface area contributed by atoms with Crippen molar-refractivity contribution in [2.45, 2.75) is 6.04 Å². The third-order valence-electron chi connectivity index (χ3n) is 2.12. The molecule has 0 saturated heterocycles. The van der Waals surface area contributed by atoms with Crippen LogP contribution in [0.2, 0.25) is 0 Å². The van der Waals surface area contributed by atoms with Gasteiger partial charge in [0.1, 0.15) is 12.0 Å². The Morgan fingerprint density at radius 2 is 2.14 bits per heavy atom. The Kier molecular flexibility index (Phi) is 3.65. The second kappa shape index (κ2) is 4.77. The lowest BCUT2D eigenvalue weighted by Crippen LogP contribution is -2.20. The molecule has 0 aliphatic carbocycles. The quantitative estimate of drug-likeness (QED) is 0.679. The molecule has 3 nitrogen and oxygen atoms in total. The van der Waals surface area contributed by atoms with Gasteiger partial charge >= 0.3 is 0 Å². The molecule has 0 aliphatic heterocycles. The molecule has 0 radical (unpaired) electrons. The van der Waals surface area contributed by atoms with Crippen LogP contribution in [-0.2, 0) is 4.79 Å². The predicted octanol–water partition coefficient (Wildman–Crippen LogP) is 1.50. The minimum atomic E-state index is -0.204. The molecule has 0 heterocycles. The minimum absolute atomic E-state index is 0.204. The summed E-state index contributed by atoms with van der Waals surface area (Å²) < 4.78 is 5.09. The van der Waals surface area contributed by atoms with Gasteiger partial charge in [0.15, 0.2) is 0 Å². The Morgan fingerprint density at radius 3 is 2.64 bits per heavy atom. The van der Waals surface area contributed by atoms with Crippen LogP contribution in [0.5, 0.6) is 5.75 Å². The number of aldehydes is 1. The van der Waals surface area contributed by atoms with Gasteiger partial charge in [0, 0.05) is 0 Å². The standard InChI is InChI=1S/C11H15NO2/c1-12(2)11(8-13)9-5-4-6-10(7-9)14-3/h4-8,11H,1-3H3. The van der Waals surface area contributed by atoms with Crippen molar-refractivity contribution >= 4 is 6.29 Å². The normalized spacial score (nSPS) is 12.6. The number of likely N-dealkylation sites (N-methyl/N-ethyl adjacent to an activating group) is 1. The summed E-state index contributed by atoms with van der Waals surface area (Å²) in [6, 6.07) is 7.33. The third-order valence-corrected chi connectivity index (χ3v) is 2.12. The summed E-state index contributed by atoms with van der Waals surface area (Å²) in [5.41, 5.74) is 0.948. The van der Waals surface area contributed by atoms with Crippen LogP contribution in [-0.4, -0.2) is 32.4 Å². The van der Waals surface area contributed by atoms with Gasteiger partial charge in [-0.2, -0.15) is 0 Å². The highest BCUT2D eigenvalue weighted by Gasteiger charge is 2.12. The van der Waals surface area contributed by atoms with Crippen LogP contribution in [0.3, 0.4) is 0 Å². The van der Waals surface area contributed by atoms with E-state index in [0.29, 0.717) is 0 Å². The molecule has 1 atom stereocenters. The minimum Gasteiger partial charge on any atom is -0.497 e. The number of hydrogen-bond acceptors (Lipinski definition) is 3. The maximum Gasteiger partial charge on any atom is 0.141 e. The van der Waals surface area contributed by atoms with E-state index in [1.807, 2.05) is 43.3 Å². The van der Waals surface area contributed by atoms with Gasteiger partial charge in [-0.3, -0.25) is 4.90 Å². The first kappa shape index (κ1) is 10.7. The number of methoxy groups -OCH3 is 1. The maximum absolute atomic E-state index is 10.9. The highest BCUT2D eigenvalue weighted by molar-refractivity contribution is 5.61. The van der Waals surface area contributed by atoms with E-state index in [1.165, 1.54) is 0 Å². The molecule has 0 fully saturated rings. The number of nitrogens with zero attached hydrogens (tertiary/aromatic N) is 1. The molecule has 0 N–H and O–H groups in total. The maximum atomic E-state index is 10.9. The Morgan fingerprint density at radius 1 is 1.43 bits per heavy atom. The van der Waals surface area contributed by atoms with Crippen molar-refractivity contribution in [3.05, 3.63) is 29.8 Å². The summed E-state index contributed by atoms with van der Waals surface area (Å²) in [5.74, 6) is 0.774. The van der Waals surface area contributed by atoms with Gasteiger partial charge in [-0.05, 0) is 31.8 Å². The number of rotatable bonds is 4. The topological polar surface area (TPSA) is 29.5 Å². The molecule has 1 unspecified atom stereocenters. The van der Waals surface area contributed by atoms with E-state index in [-0.39, 0.29) is 6.04 Å². The first-order chi connectivity index (χ1) is 6.69. The lowest BCUT2D eigenvalue weighted by Gasteiger charge is -2.18. The number of hydrogen-bond donors (Lipinski definition) is 0. The molecular weight excluding hydrogens is 178 g/mol. The van der Waals surface area contributed by atoms with Gasteiger partial charge in [0.25, 0.3) is 0 Å². The molecule has 1 rings (SSSR count). The van der Waals surface area contributed by atoms with Crippen molar-refractivity contribution in [1.82, 2.24) is 4.90 Å². The highest BCUT2D eigenvalue weighted by Crippen LogP contribution is 2.20. The summed E-state index contributed by atoms with van der Waals surface area (Å²) >= 11 is 0. The van der Waals surface area contributed by atoms with Crippen LogP contribution in [0, 0.1) is 0 Å². The molecule has 0 aromatic heterocycles. The number of carbonyl (C=O) groups excluding carboxylic acids is 1. The molecule has 14 heavy (non-hydrogen) atoms. The van der Waals surface area contributed by atoms with Crippen LogP contribution >= 0.6 is 0 Å². The first-order valence-corrected chi connectivity index (χ1v) is 4.44.